The Hall–Kier alpha value is -4.06. The number of para-hydroxylation sites is 1. The number of aryl methyl sites for hydroxylation is 2. The Labute approximate surface area is 174 Å². The van der Waals surface area contributed by atoms with Crippen LogP contribution in [-0.4, -0.2) is 21.8 Å². The van der Waals surface area contributed by atoms with Gasteiger partial charge >= 0.3 is 0 Å². The number of benzene rings is 2. The molecular formula is C24H20N4O2. The predicted molar refractivity (Wildman–Crippen MR) is 118 cm³/mol. The maximum atomic E-state index is 12.7. The number of nitrogens with zero attached hydrogens (tertiary/aromatic N) is 2. The van der Waals surface area contributed by atoms with E-state index < -0.39 is 5.91 Å². The summed E-state index contributed by atoms with van der Waals surface area (Å²) in [7, 11) is 0. The third kappa shape index (κ3) is 4.03. The lowest BCUT2D eigenvalue weighted by atomic mass is 10.1. The lowest BCUT2D eigenvalue weighted by Gasteiger charge is -2.10. The minimum Gasteiger partial charge on any atom is -0.322 e. The first kappa shape index (κ1) is 19.3. The average molecular weight is 396 g/mol. The van der Waals surface area contributed by atoms with Crippen molar-refractivity contribution >= 4 is 34.1 Å². The van der Waals surface area contributed by atoms with Gasteiger partial charge in [-0.2, -0.15) is 0 Å². The van der Waals surface area contributed by atoms with Crippen LogP contribution < -0.4 is 10.6 Å². The van der Waals surface area contributed by atoms with Gasteiger partial charge < -0.3 is 10.6 Å². The van der Waals surface area contributed by atoms with Gasteiger partial charge in [-0.1, -0.05) is 24.3 Å². The van der Waals surface area contributed by atoms with Crippen molar-refractivity contribution in [3.05, 3.63) is 95.4 Å². The summed E-state index contributed by atoms with van der Waals surface area (Å²) < 4.78 is 0. The van der Waals surface area contributed by atoms with Gasteiger partial charge in [-0.3, -0.25) is 19.6 Å². The molecule has 0 fully saturated rings. The van der Waals surface area contributed by atoms with Crippen LogP contribution in [-0.2, 0) is 0 Å². The first-order chi connectivity index (χ1) is 14.5. The number of nitrogens with one attached hydrogen (secondary N) is 2. The molecule has 6 heteroatoms. The molecule has 0 unspecified atom stereocenters. The highest BCUT2D eigenvalue weighted by atomic mass is 16.2. The Balaban J connectivity index is 1.54. The zero-order chi connectivity index (χ0) is 21.1. The van der Waals surface area contributed by atoms with E-state index in [0.717, 1.165) is 16.5 Å². The van der Waals surface area contributed by atoms with Crippen LogP contribution in [0.3, 0.4) is 0 Å². The molecule has 2 aromatic carbocycles. The van der Waals surface area contributed by atoms with E-state index in [-0.39, 0.29) is 11.6 Å². The van der Waals surface area contributed by atoms with Gasteiger partial charge in [0.25, 0.3) is 11.8 Å². The molecule has 6 nitrogen and oxygen atoms in total. The summed E-state index contributed by atoms with van der Waals surface area (Å²) >= 11 is 0. The van der Waals surface area contributed by atoms with E-state index in [2.05, 4.69) is 20.6 Å². The third-order valence-electron chi connectivity index (χ3n) is 4.90. The van der Waals surface area contributed by atoms with E-state index in [1.165, 1.54) is 12.3 Å². The second-order valence-corrected chi connectivity index (χ2v) is 7.02. The van der Waals surface area contributed by atoms with Crippen LogP contribution in [0.5, 0.6) is 0 Å². The maximum absolute atomic E-state index is 12.7. The number of hydrogen-bond acceptors (Lipinski definition) is 4. The highest BCUT2D eigenvalue weighted by Gasteiger charge is 2.14. The van der Waals surface area contributed by atoms with Crippen molar-refractivity contribution in [3.8, 4) is 0 Å². The molecule has 2 aromatic heterocycles. The van der Waals surface area contributed by atoms with Crippen molar-refractivity contribution in [3.63, 3.8) is 0 Å². The van der Waals surface area contributed by atoms with Crippen molar-refractivity contribution < 1.29 is 9.59 Å². The largest absolute Gasteiger partial charge is 0.322 e. The smallest absolute Gasteiger partial charge is 0.274 e. The first-order valence-electron chi connectivity index (χ1n) is 9.51. The normalized spacial score (nSPS) is 10.6. The minimum absolute atomic E-state index is 0.149. The van der Waals surface area contributed by atoms with Gasteiger partial charge in [0, 0.05) is 29.0 Å². The standard InChI is InChI=1S/C24H20N4O2/c1-15-8-9-19(13-16(15)2)27-23(29)18-10-12-25-21(14-18)24(30)28-20-7-3-5-17-6-4-11-26-22(17)20/h3-14H,1-2H3,(H,27,29)(H,28,30). The zero-order valence-corrected chi connectivity index (χ0v) is 16.6. The summed E-state index contributed by atoms with van der Waals surface area (Å²) in [4.78, 5) is 33.8. The predicted octanol–water partition coefficient (Wildman–Crippen LogP) is 4.75. The second-order valence-electron chi connectivity index (χ2n) is 7.02. The van der Waals surface area contributed by atoms with Crippen molar-refractivity contribution in [1.29, 1.82) is 0 Å². The molecule has 0 spiro atoms. The van der Waals surface area contributed by atoms with Gasteiger partial charge in [0.1, 0.15) is 5.69 Å². The molecule has 0 radical (unpaired) electrons. The van der Waals surface area contributed by atoms with Crippen molar-refractivity contribution in [1.82, 2.24) is 9.97 Å². The molecule has 2 heterocycles. The quantitative estimate of drug-likeness (QED) is 0.521. The molecule has 2 N–H and O–H groups in total. The Morgan fingerprint density at radius 2 is 1.60 bits per heavy atom. The highest BCUT2D eigenvalue weighted by molar-refractivity contribution is 6.09. The molecule has 0 aliphatic heterocycles. The molecule has 0 saturated carbocycles. The Kier molecular flexibility index (Phi) is 5.22. The van der Waals surface area contributed by atoms with Crippen molar-refractivity contribution in [2.75, 3.05) is 10.6 Å². The summed E-state index contributed by atoms with van der Waals surface area (Å²) in [5.41, 5.74) is 4.72. The molecule has 0 aliphatic rings. The number of carbonyl (C=O) groups is 2. The summed E-state index contributed by atoms with van der Waals surface area (Å²) in [6.07, 6.45) is 3.12. The lowest BCUT2D eigenvalue weighted by Crippen LogP contribution is -2.17. The molecule has 0 bridgehead atoms. The Bertz CT molecular complexity index is 1260. The molecule has 4 rings (SSSR count). The molecule has 148 valence electrons. The molecule has 30 heavy (non-hydrogen) atoms. The van der Waals surface area contributed by atoms with Crippen LogP contribution in [0.4, 0.5) is 11.4 Å². The second kappa shape index (κ2) is 8.13. The maximum Gasteiger partial charge on any atom is 0.274 e. The third-order valence-corrected chi connectivity index (χ3v) is 4.90. The fourth-order valence-electron chi connectivity index (χ4n) is 3.11. The van der Waals surface area contributed by atoms with Gasteiger partial charge in [0.05, 0.1) is 11.2 Å². The molecule has 0 aliphatic carbocycles. The number of aromatic nitrogens is 2. The number of pyridine rings is 2. The van der Waals surface area contributed by atoms with E-state index in [1.54, 1.807) is 18.3 Å². The van der Waals surface area contributed by atoms with Crippen LogP contribution in [0.1, 0.15) is 32.0 Å². The SMILES string of the molecule is Cc1ccc(NC(=O)c2ccnc(C(=O)Nc3cccc4cccnc34)c2)cc1C. The summed E-state index contributed by atoms with van der Waals surface area (Å²) in [5, 5.41) is 6.61. The number of amides is 2. The number of fused-ring (bicyclic) bond motifs is 1. The van der Waals surface area contributed by atoms with Crippen LogP contribution >= 0.6 is 0 Å². The number of hydrogen-bond donors (Lipinski definition) is 2. The van der Waals surface area contributed by atoms with Crippen molar-refractivity contribution in [2.45, 2.75) is 13.8 Å². The van der Waals surface area contributed by atoms with Gasteiger partial charge in [0.2, 0.25) is 0 Å². The van der Waals surface area contributed by atoms with Gasteiger partial charge in [-0.05, 0) is 61.4 Å². The summed E-state index contributed by atoms with van der Waals surface area (Å²) in [6.45, 7) is 4.00. The van der Waals surface area contributed by atoms with Crippen LogP contribution in [0.2, 0.25) is 0 Å². The molecule has 4 aromatic rings. The highest BCUT2D eigenvalue weighted by Crippen LogP contribution is 2.21. The average Bonchev–Trinajstić information content (AvgIpc) is 2.76. The van der Waals surface area contributed by atoms with Gasteiger partial charge in [0.15, 0.2) is 0 Å². The molecule has 0 atom stereocenters. The summed E-state index contributed by atoms with van der Waals surface area (Å²) in [5.74, 6) is -0.712. The van der Waals surface area contributed by atoms with E-state index in [1.807, 2.05) is 56.3 Å². The monoisotopic (exact) mass is 396 g/mol. The molecular weight excluding hydrogens is 376 g/mol. The number of rotatable bonds is 4. The van der Waals surface area contributed by atoms with E-state index in [4.69, 9.17) is 0 Å². The van der Waals surface area contributed by atoms with E-state index in [0.29, 0.717) is 22.5 Å². The van der Waals surface area contributed by atoms with Crippen LogP contribution in [0, 0.1) is 13.8 Å². The van der Waals surface area contributed by atoms with Crippen LogP contribution in [0.25, 0.3) is 10.9 Å². The topological polar surface area (TPSA) is 84.0 Å². The Morgan fingerprint density at radius 1 is 0.767 bits per heavy atom. The molecule has 2 amide bonds. The number of anilines is 2. The lowest BCUT2D eigenvalue weighted by molar-refractivity contribution is 0.102. The van der Waals surface area contributed by atoms with Gasteiger partial charge in [-0.25, -0.2) is 0 Å². The summed E-state index contributed by atoms with van der Waals surface area (Å²) in [6, 6.07) is 18.1. The van der Waals surface area contributed by atoms with E-state index >= 15 is 0 Å². The van der Waals surface area contributed by atoms with E-state index in [9.17, 15) is 9.59 Å². The molecule has 0 saturated heterocycles. The number of carbonyl (C=O) groups excluding carboxylic acids is 2. The fourth-order valence-corrected chi connectivity index (χ4v) is 3.11. The first-order valence-corrected chi connectivity index (χ1v) is 9.51. The fraction of sp³-hybridized carbons (Fsp3) is 0.0833. The minimum atomic E-state index is -0.408. The van der Waals surface area contributed by atoms with Crippen molar-refractivity contribution in [2.24, 2.45) is 0 Å². The Morgan fingerprint density at radius 3 is 2.43 bits per heavy atom. The zero-order valence-electron chi connectivity index (χ0n) is 16.6. The van der Waals surface area contributed by atoms with Gasteiger partial charge in [-0.15, -0.1) is 0 Å². The van der Waals surface area contributed by atoms with Crippen LogP contribution in [0.15, 0.2) is 73.1 Å².